The lowest BCUT2D eigenvalue weighted by Gasteiger charge is -2.29. The molecule has 0 saturated heterocycles. The summed E-state index contributed by atoms with van der Waals surface area (Å²) >= 11 is 0. The molecule has 1 aliphatic heterocycles. The zero-order valence-electron chi connectivity index (χ0n) is 8.99. The SMILES string of the molecule is CCOC(=O)[C@@H]1Cc2[nH]cnc2CN1C. The number of aromatic nitrogens is 2. The maximum absolute atomic E-state index is 11.6. The summed E-state index contributed by atoms with van der Waals surface area (Å²) in [5, 5.41) is 0. The third-order valence-electron chi connectivity index (χ3n) is 2.69. The summed E-state index contributed by atoms with van der Waals surface area (Å²) in [5.41, 5.74) is 2.07. The lowest BCUT2D eigenvalue weighted by molar-refractivity contribution is -0.149. The smallest absolute Gasteiger partial charge is 0.323 e. The molecule has 5 heteroatoms. The maximum Gasteiger partial charge on any atom is 0.323 e. The summed E-state index contributed by atoms with van der Waals surface area (Å²) < 4.78 is 5.03. The number of aromatic amines is 1. The van der Waals surface area contributed by atoms with Crippen molar-refractivity contribution in [3.63, 3.8) is 0 Å². The fourth-order valence-corrected chi connectivity index (χ4v) is 1.86. The van der Waals surface area contributed by atoms with Gasteiger partial charge in [0, 0.05) is 18.7 Å². The van der Waals surface area contributed by atoms with Gasteiger partial charge < -0.3 is 9.72 Å². The molecule has 15 heavy (non-hydrogen) atoms. The molecular formula is C10H15N3O2. The molecule has 1 N–H and O–H groups in total. The van der Waals surface area contributed by atoms with Crippen LogP contribution in [0.5, 0.6) is 0 Å². The average Bonchev–Trinajstić information content (AvgIpc) is 2.63. The molecule has 0 saturated carbocycles. The van der Waals surface area contributed by atoms with Crippen molar-refractivity contribution >= 4 is 5.97 Å². The van der Waals surface area contributed by atoms with E-state index in [1.54, 1.807) is 6.33 Å². The Bertz CT molecular complexity index is 361. The predicted molar refractivity (Wildman–Crippen MR) is 54.2 cm³/mol. The molecule has 2 rings (SSSR count). The van der Waals surface area contributed by atoms with E-state index in [1.807, 2.05) is 18.9 Å². The van der Waals surface area contributed by atoms with Crippen molar-refractivity contribution in [1.29, 1.82) is 0 Å². The van der Waals surface area contributed by atoms with Crippen molar-refractivity contribution in [3.8, 4) is 0 Å². The number of carbonyl (C=O) groups is 1. The highest BCUT2D eigenvalue weighted by molar-refractivity contribution is 5.76. The van der Waals surface area contributed by atoms with Gasteiger partial charge in [-0.15, -0.1) is 0 Å². The fraction of sp³-hybridized carbons (Fsp3) is 0.600. The number of ether oxygens (including phenoxy) is 1. The maximum atomic E-state index is 11.6. The van der Waals surface area contributed by atoms with Gasteiger partial charge in [0.25, 0.3) is 0 Å². The first-order valence-electron chi connectivity index (χ1n) is 5.10. The molecule has 0 radical (unpaired) electrons. The number of H-pyrrole nitrogens is 1. The quantitative estimate of drug-likeness (QED) is 0.713. The van der Waals surface area contributed by atoms with E-state index in [-0.39, 0.29) is 12.0 Å². The zero-order valence-corrected chi connectivity index (χ0v) is 8.99. The molecule has 0 aromatic carbocycles. The van der Waals surface area contributed by atoms with Gasteiger partial charge in [0.05, 0.1) is 18.6 Å². The molecule has 1 aromatic heterocycles. The summed E-state index contributed by atoms with van der Waals surface area (Å²) in [7, 11) is 1.92. The van der Waals surface area contributed by atoms with Crippen LogP contribution in [0.15, 0.2) is 6.33 Å². The molecule has 0 fully saturated rings. The number of likely N-dealkylation sites (N-methyl/N-ethyl adjacent to an activating group) is 1. The number of hydrogen-bond acceptors (Lipinski definition) is 4. The van der Waals surface area contributed by atoms with Crippen LogP contribution in [0.3, 0.4) is 0 Å². The molecule has 5 nitrogen and oxygen atoms in total. The van der Waals surface area contributed by atoms with Crippen LogP contribution in [0.25, 0.3) is 0 Å². The largest absolute Gasteiger partial charge is 0.465 e. The Morgan fingerprint density at radius 2 is 2.60 bits per heavy atom. The van der Waals surface area contributed by atoms with E-state index in [0.29, 0.717) is 19.6 Å². The predicted octanol–water partition coefficient (Wildman–Crippen LogP) is 0.329. The molecule has 82 valence electrons. The number of esters is 1. The number of fused-ring (bicyclic) bond motifs is 1. The van der Waals surface area contributed by atoms with Gasteiger partial charge >= 0.3 is 5.97 Å². The van der Waals surface area contributed by atoms with Crippen LogP contribution in [-0.4, -0.2) is 40.5 Å². The van der Waals surface area contributed by atoms with E-state index in [4.69, 9.17) is 4.74 Å². The molecule has 0 spiro atoms. The van der Waals surface area contributed by atoms with E-state index in [0.717, 1.165) is 11.4 Å². The second kappa shape index (κ2) is 4.02. The van der Waals surface area contributed by atoms with Gasteiger partial charge in [0.1, 0.15) is 6.04 Å². The minimum absolute atomic E-state index is 0.153. The van der Waals surface area contributed by atoms with Gasteiger partial charge in [-0.3, -0.25) is 9.69 Å². The van der Waals surface area contributed by atoms with Crippen LogP contribution in [0.4, 0.5) is 0 Å². The van der Waals surface area contributed by atoms with Gasteiger partial charge in [-0.1, -0.05) is 0 Å². The van der Waals surface area contributed by atoms with Crippen LogP contribution in [0.1, 0.15) is 18.3 Å². The average molecular weight is 209 g/mol. The van der Waals surface area contributed by atoms with E-state index in [9.17, 15) is 4.79 Å². The second-order valence-corrected chi connectivity index (χ2v) is 3.71. The number of hydrogen-bond donors (Lipinski definition) is 1. The monoisotopic (exact) mass is 209 g/mol. The third-order valence-corrected chi connectivity index (χ3v) is 2.69. The molecule has 1 aliphatic rings. The number of nitrogens with one attached hydrogen (secondary N) is 1. The minimum Gasteiger partial charge on any atom is -0.465 e. The molecule has 0 aliphatic carbocycles. The lowest BCUT2D eigenvalue weighted by atomic mass is 10.0. The molecule has 0 bridgehead atoms. The normalized spacial score (nSPS) is 21.1. The van der Waals surface area contributed by atoms with Crippen molar-refractivity contribution < 1.29 is 9.53 Å². The van der Waals surface area contributed by atoms with E-state index < -0.39 is 0 Å². The number of imidazole rings is 1. The molecule has 0 unspecified atom stereocenters. The molecule has 1 atom stereocenters. The van der Waals surface area contributed by atoms with Crippen molar-refractivity contribution in [1.82, 2.24) is 14.9 Å². The third kappa shape index (κ3) is 1.87. The second-order valence-electron chi connectivity index (χ2n) is 3.71. The van der Waals surface area contributed by atoms with Crippen LogP contribution in [-0.2, 0) is 22.5 Å². The standard InChI is InChI=1S/C10H15N3O2/c1-3-15-10(14)9-4-7-8(5-13(9)2)12-6-11-7/h6,9H,3-5H2,1-2H3,(H,11,12)/t9-/m0/s1. The van der Waals surface area contributed by atoms with Crippen LogP contribution in [0, 0.1) is 0 Å². The van der Waals surface area contributed by atoms with Crippen molar-refractivity contribution in [2.45, 2.75) is 25.9 Å². The molecule has 0 amide bonds. The summed E-state index contributed by atoms with van der Waals surface area (Å²) in [6, 6.07) is -0.183. The first-order chi connectivity index (χ1) is 7.22. The van der Waals surface area contributed by atoms with Gasteiger partial charge in [0.15, 0.2) is 0 Å². The van der Waals surface area contributed by atoms with E-state index in [1.165, 1.54) is 0 Å². The Morgan fingerprint density at radius 1 is 1.80 bits per heavy atom. The van der Waals surface area contributed by atoms with Crippen molar-refractivity contribution in [2.24, 2.45) is 0 Å². The van der Waals surface area contributed by atoms with Crippen molar-refractivity contribution in [2.75, 3.05) is 13.7 Å². The van der Waals surface area contributed by atoms with Crippen LogP contribution < -0.4 is 0 Å². The Kier molecular flexibility index (Phi) is 2.73. The highest BCUT2D eigenvalue weighted by Crippen LogP contribution is 2.19. The van der Waals surface area contributed by atoms with Crippen LogP contribution in [0.2, 0.25) is 0 Å². The Hall–Kier alpha value is -1.36. The minimum atomic E-state index is -0.183. The van der Waals surface area contributed by atoms with E-state index in [2.05, 4.69) is 9.97 Å². The zero-order chi connectivity index (χ0) is 10.8. The summed E-state index contributed by atoms with van der Waals surface area (Å²) in [6.07, 6.45) is 2.33. The summed E-state index contributed by atoms with van der Waals surface area (Å²) in [5.74, 6) is -0.153. The fourth-order valence-electron chi connectivity index (χ4n) is 1.86. The first kappa shape index (κ1) is 10.2. The highest BCUT2D eigenvalue weighted by Gasteiger charge is 2.31. The van der Waals surface area contributed by atoms with Gasteiger partial charge in [-0.05, 0) is 14.0 Å². The number of rotatable bonds is 2. The summed E-state index contributed by atoms with van der Waals surface area (Å²) in [4.78, 5) is 20.9. The number of carbonyl (C=O) groups excluding carboxylic acids is 1. The lowest BCUT2D eigenvalue weighted by Crippen LogP contribution is -2.44. The van der Waals surface area contributed by atoms with Gasteiger partial charge in [0.2, 0.25) is 0 Å². The topological polar surface area (TPSA) is 58.2 Å². The molecular weight excluding hydrogens is 194 g/mol. The summed E-state index contributed by atoms with van der Waals surface area (Å²) in [6.45, 7) is 2.95. The molecule has 2 heterocycles. The van der Waals surface area contributed by atoms with Gasteiger partial charge in [-0.25, -0.2) is 4.98 Å². The van der Waals surface area contributed by atoms with Gasteiger partial charge in [-0.2, -0.15) is 0 Å². The Morgan fingerprint density at radius 3 is 3.33 bits per heavy atom. The first-order valence-corrected chi connectivity index (χ1v) is 5.10. The Labute approximate surface area is 88.4 Å². The van der Waals surface area contributed by atoms with E-state index >= 15 is 0 Å². The van der Waals surface area contributed by atoms with Crippen LogP contribution >= 0.6 is 0 Å². The van der Waals surface area contributed by atoms with Crippen molar-refractivity contribution in [3.05, 3.63) is 17.7 Å². The number of nitrogens with zero attached hydrogens (tertiary/aromatic N) is 2. The molecule has 1 aromatic rings. The Balaban J connectivity index is 2.13. The highest BCUT2D eigenvalue weighted by atomic mass is 16.5.